The molecule has 0 saturated carbocycles. The molecule has 1 N–H and O–H groups in total. The first-order valence-electron chi connectivity index (χ1n) is 8.46. The Morgan fingerprint density at radius 1 is 1.23 bits per heavy atom. The molecular weight excluding hydrogens is 337 g/mol. The molecular formula is C19H20FN3O3. The molecule has 0 radical (unpaired) electrons. The molecule has 0 spiro atoms. The largest absolute Gasteiger partial charge is 0.478 e. The Balaban J connectivity index is 1.98. The summed E-state index contributed by atoms with van der Waals surface area (Å²) in [6.45, 7) is 6.03. The molecule has 136 valence electrons. The normalized spacial score (nSPS) is 13.7. The molecule has 0 bridgehead atoms. The second-order valence-electron chi connectivity index (χ2n) is 6.70. The quantitative estimate of drug-likeness (QED) is 0.913. The molecule has 2 aromatic rings. The second kappa shape index (κ2) is 6.82. The van der Waals surface area contributed by atoms with Crippen molar-refractivity contribution in [1.29, 1.82) is 0 Å². The highest BCUT2D eigenvalue weighted by Crippen LogP contribution is 2.27. The van der Waals surface area contributed by atoms with Crippen molar-refractivity contribution in [3.63, 3.8) is 0 Å². The predicted molar refractivity (Wildman–Crippen MR) is 92.7 cm³/mol. The number of halogens is 1. The average molecular weight is 357 g/mol. The van der Waals surface area contributed by atoms with Gasteiger partial charge >= 0.3 is 5.97 Å². The lowest BCUT2D eigenvalue weighted by molar-refractivity contribution is 0.0676. The van der Waals surface area contributed by atoms with Gasteiger partial charge in [-0.2, -0.15) is 0 Å². The van der Waals surface area contributed by atoms with E-state index in [9.17, 15) is 19.1 Å². The van der Waals surface area contributed by atoms with Crippen LogP contribution in [0.3, 0.4) is 0 Å². The van der Waals surface area contributed by atoms with Crippen molar-refractivity contribution in [3.8, 4) is 0 Å². The molecule has 3 rings (SSSR count). The van der Waals surface area contributed by atoms with Gasteiger partial charge in [0.15, 0.2) is 0 Å². The number of aryl methyl sites for hydroxylation is 1. The van der Waals surface area contributed by atoms with Crippen molar-refractivity contribution in [3.05, 3.63) is 57.9 Å². The van der Waals surface area contributed by atoms with Crippen LogP contribution < -0.4 is 0 Å². The number of benzene rings is 1. The lowest BCUT2D eigenvalue weighted by atomic mass is 9.93. The monoisotopic (exact) mass is 357 g/mol. The van der Waals surface area contributed by atoms with Crippen LogP contribution in [-0.2, 0) is 13.0 Å². The zero-order valence-corrected chi connectivity index (χ0v) is 14.9. The Labute approximate surface area is 150 Å². The molecule has 6 nitrogen and oxygen atoms in total. The first kappa shape index (κ1) is 18.0. The summed E-state index contributed by atoms with van der Waals surface area (Å²) >= 11 is 0. The van der Waals surface area contributed by atoms with Gasteiger partial charge in [-0.25, -0.2) is 19.2 Å². The number of aromatic carboxylic acids is 1. The van der Waals surface area contributed by atoms with Crippen LogP contribution in [-0.4, -0.2) is 38.4 Å². The van der Waals surface area contributed by atoms with E-state index in [-0.39, 0.29) is 30.4 Å². The zero-order valence-electron chi connectivity index (χ0n) is 14.9. The third kappa shape index (κ3) is 3.16. The van der Waals surface area contributed by atoms with E-state index < -0.39 is 11.8 Å². The molecule has 0 fully saturated rings. The number of aromatic nitrogens is 2. The Hall–Kier alpha value is -2.83. The number of carbonyl (C=O) groups excluding carboxylic acids is 1. The van der Waals surface area contributed by atoms with Crippen LogP contribution in [0.1, 0.15) is 63.1 Å². The third-order valence-electron chi connectivity index (χ3n) is 4.59. The Morgan fingerprint density at radius 3 is 2.62 bits per heavy atom. The van der Waals surface area contributed by atoms with Gasteiger partial charge < -0.3 is 10.0 Å². The summed E-state index contributed by atoms with van der Waals surface area (Å²) in [5.74, 6) is -1.19. The van der Waals surface area contributed by atoms with Gasteiger partial charge in [0.25, 0.3) is 5.91 Å². The molecule has 2 heterocycles. The van der Waals surface area contributed by atoms with Gasteiger partial charge in [-0.3, -0.25) is 4.79 Å². The van der Waals surface area contributed by atoms with Crippen molar-refractivity contribution in [2.24, 2.45) is 0 Å². The van der Waals surface area contributed by atoms with Gasteiger partial charge in [0.1, 0.15) is 11.6 Å². The highest BCUT2D eigenvalue weighted by atomic mass is 19.1. The van der Waals surface area contributed by atoms with Crippen LogP contribution in [0, 0.1) is 12.7 Å². The van der Waals surface area contributed by atoms with Crippen LogP contribution in [0.2, 0.25) is 0 Å². The molecule has 7 heteroatoms. The lowest BCUT2D eigenvalue weighted by Crippen LogP contribution is -2.38. The first-order chi connectivity index (χ1) is 12.3. The molecule has 0 aliphatic carbocycles. The fourth-order valence-corrected chi connectivity index (χ4v) is 3.27. The van der Waals surface area contributed by atoms with Gasteiger partial charge in [0, 0.05) is 19.3 Å². The lowest BCUT2D eigenvalue weighted by Gasteiger charge is -2.30. The van der Waals surface area contributed by atoms with E-state index >= 15 is 0 Å². The minimum Gasteiger partial charge on any atom is -0.478 e. The summed E-state index contributed by atoms with van der Waals surface area (Å²) in [5.41, 5.74) is 1.82. The number of rotatable bonds is 3. The standard InChI is InChI=1S/C19H20FN3O3/c1-10(2)17-14(8-21-11(3)22-17)18(24)23-7-6-12-15(9-23)13(19(25)26)4-5-16(12)20/h4-5,8,10H,6-7,9H2,1-3H3,(H,25,26). The number of carboxylic acid groups (broad SMARTS) is 1. The van der Waals surface area contributed by atoms with Crippen molar-refractivity contribution in [2.45, 2.75) is 39.7 Å². The molecule has 1 amide bonds. The van der Waals surface area contributed by atoms with Crippen LogP contribution >= 0.6 is 0 Å². The summed E-state index contributed by atoms with van der Waals surface area (Å²) in [6.07, 6.45) is 1.79. The van der Waals surface area contributed by atoms with E-state index in [4.69, 9.17) is 0 Å². The van der Waals surface area contributed by atoms with Gasteiger partial charge in [-0.05, 0) is 42.5 Å². The molecule has 1 aromatic heterocycles. The summed E-state index contributed by atoms with van der Waals surface area (Å²) in [5, 5.41) is 9.38. The predicted octanol–water partition coefficient (Wildman–Crippen LogP) is 2.94. The maximum absolute atomic E-state index is 14.1. The minimum absolute atomic E-state index is 0.0307. The van der Waals surface area contributed by atoms with Crippen LogP contribution in [0.15, 0.2) is 18.3 Å². The number of hydrogen-bond donors (Lipinski definition) is 1. The Kier molecular flexibility index (Phi) is 4.71. The number of fused-ring (bicyclic) bond motifs is 1. The molecule has 26 heavy (non-hydrogen) atoms. The van der Waals surface area contributed by atoms with E-state index in [0.29, 0.717) is 34.8 Å². The van der Waals surface area contributed by atoms with Gasteiger partial charge in [0.2, 0.25) is 0 Å². The van der Waals surface area contributed by atoms with Crippen molar-refractivity contribution in [2.75, 3.05) is 6.54 Å². The van der Waals surface area contributed by atoms with E-state index in [2.05, 4.69) is 9.97 Å². The fourth-order valence-electron chi connectivity index (χ4n) is 3.27. The minimum atomic E-state index is -1.13. The number of nitrogens with zero attached hydrogens (tertiary/aromatic N) is 3. The Morgan fingerprint density at radius 2 is 1.96 bits per heavy atom. The Bertz CT molecular complexity index is 896. The van der Waals surface area contributed by atoms with Crippen LogP contribution in [0.25, 0.3) is 0 Å². The second-order valence-corrected chi connectivity index (χ2v) is 6.70. The SMILES string of the molecule is Cc1ncc(C(=O)N2CCc3c(F)ccc(C(=O)O)c3C2)c(C(C)C)n1. The third-order valence-corrected chi connectivity index (χ3v) is 4.59. The van der Waals surface area contributed by atoms with Crippen molar-refractivity contribution >= 4 is 11.9 Å². The number of carboxylic acids is 1. The number of hydrogen-bond acceptors (Lipinski definition) is 4. The highest BCUT2D eigenvalue weighted by molar-refractivity contribution is 5.96. The summed E-state index contributed by atoms with van der Waals surface area (Å²) in [4.78, 5) is 34.5. The number of amides is 1. The average Bonchev–Trinajstić information content (AvgIpc) is 2.60. The maximum Gasteiger partial charge on any atom is 0.336 e. The maximum atomic E-state index is 14.1. The molecule has 1 aromatic carbocycles. The zero-order chi connectivity index (χ0) is 19.0. The van der Waals surface area contributed by atoms with Gasteiger partial charge in [0.05, 0.1) is 16.8 Å². The summed E-state index contributed by atoms with van der Waals surface area (Å²) in [6, 6.07) is 2.42. The van der Waals surface area contributed by atoms with E-state index in [1.807, 2.05) is 13.8 Å². The number of carbonyl (C=O) groups is 2. The van der Waals surface area contributed by atoms with Gasteiger partial charge in [-0.15, -0.1) is 0 Å². The van der Waals surface area contributed by atoms with Crippen molar-refractivity contribution < 1.29 is 19.1 Å². The van der Waals surface area contributed by atoms with Crippen LogP contribution in [0.4, 0.5) is 4.39 Å². The summed E-state index contributed by atoms with van der Waals surface area (Å²) < 4.78 is 14.1. The van der Waals surface area contributed by atoms with Crippen LogP contribution in [0.5, 0.6) is 0 Å². The smallest absolute Gasteiger partial charge is 0.336 e. The van der Waals surface area contributed by atoms with E-state index in [1.54, 1.807) is 6.92 Å². The first-order valence-corrected chi connectivity index (χ1v) is 8.46. The molecule has 1 aliphatic heterocycles. The molecule has 0 atom stereocenters. The van der Waals surface area contributed by atoms with Gasteiger partial charge in [-0.1, -0.05) is 13.8 Å². The highest BCUT2D eigenvalue weighted by Gasteiger charge is 2.29. The summed E-state index contributed by atoms with van der Waals surface area (Å²) in [7, 11) is 0. The molecule has 0 saturated heterocycles. The fraction of sp³-hybridized carbons (Fsp3) is 0.368. The topological polar surface area (TPSA) is 83.4 Å². The molecule has 0 unspecified atom stereocenters. The molecule has 1 aliphatic rings. The van der Waals surface area contributed by atoms with E-state index in [0.717, 1.165) is 0 Å². The van der Waals surface area contributed by atoms with Crippen molar-refractivity contribution in [1.82, 2.24) is 14.9 Å². The van der Waals surface area contributed by atoms with E-state index in [1.165, 1.54) is 23.2 Å².